The Kier molecular flexibility index (Phi) is 5.98. The molecular formula is C25H22F3NS. The zero-order valence-corrected chi connectivity index (χ0v) is 18.3. The van der Waals surface area contributed by atoms with Gasteiger partial charge in [0.2, 0.25) is 0 Å². The Hall–Kier alpha value is -2.75. The van der Waals surface area contributed by atoms with E-state index in [0.29, 0.717) is 5.56 Å². The average Bonchev–Trinajstić information content (AvgIpc) is 2.60. The van der Waals surface area contributed by atoms with Crippen molar-refractivity contribution in [3.8, 4) is 22.3 Å². The fraction of sp³-hybridized carbons (Fsp3) is 0.240. The minimum atomic E-state index is -4.53. The summed E-state index contributed by atoms with van der Waals surface area (Å²) in [4.78, 5) is 3.58. The van der Waals surface area contributed by atoms with Crippen LogP contribution < -0.4 is 0 Å². The lowest BCUT2D eigenvalue weighted by molar-refractivity contribution is -0.137. The van der Waals surface area contributed by atoms with Crippen LogP contribution in [0.15, 0.2) is 47.5 Å². The molecule has 0 saturated heterocycles. The van der Waals surface area contributed by atoms with E-state index in [0.717, 1.165) is 28.3 Å². The van der Waals surface area contributed by atoms with Crippen molar-refractivity contribution in [1.82, 2.24) is 0 Å². The molecule has 0 aliphatic rings. The molecule has 1 nitrogen and oxygen atoms in total. The Bertz CT molecular complexity index is 1140. The van der Waals surface area contributed by atoms with Crippen LogP contribution in [0.1, 0.15) is 33.4 Å². The van der Waals surface area contributed by atoms with Gasteiger partial charge in [-0.05, 0) is 103 Å². The molecule has 30 heavy (non-hydrogen) atoms. The van der Waals surface area contributed by atoms with E-state index < -0.39 is 11.7 Å². The predicted octanol–water partition coefficient (Wildman–Crippen LogP) is 8.32. The molecule has 5 heteroatoms. The first-order chi connectivity index (χ1) is 14.0. The SMILES string of the molecule is Cc1cc(C)c(-c2cc(C)c(-c3ccc(N=C=S)c(C(F)(F)F)c3)c(C)c2)c(C)c1. The third-order valence-electron chi connectivity index (χ3n) is 5.26. The van der Waals surface area contributed by atoms with Crippen molar-refractivity contribution in [1.29, 1.82) is 0 Å². The highest BCUT2D eigenvalue weighted by Crippen LogP contribution is 2.41. The molecule has 0 aromatic heterocycles. The zero-order chi connectivity index (χ0) is 22.2. The quantitative estimate of drug-likeness (QED) is 0.303. The second-order valence-electron chi connectivity index (χ2n) is 7.69. The van der Waals surface area contributed by atoms with Gasteiger partial charge in [-0.3, -0.25) is 0 Å². The van der Waals surface area contributed by atoms with Crippen molar-refractivity contribution in [2.24, 2.45) is 4.99 Å². The Morgan fingerprint density at radius 1 is 0.733 bits per heavy atom. The summed E-state index contributed by atoms with van der Waals surface area (Å²) in [6.45, 7) is 10.1. The van der Waals surface area contributed by atoms with E-state index in [1.807, 2.05) is 31.1 Å². The van der Waals surface area contributed by atoms with Gasteiger partial charge >= 0.3 is 6.18 Å². The van der Waals surface area contributed by atoms with Gasteiger partial charge in [0.05, 0.1) is 16.4 Å². The second-order valence-corrected chi connectivity index (χ2v) is 7.87. The number of benzene rings is 3. The van der Waals surface area contributed by atoms with E-state index in [-0.39, 0.29) is 5.69 Å². The summed E-state index contributed by atoms with van der Waals surface area (Å²) in [6.07, 6.45) is -4.53. The first-order valence-electron chi connectivity index (χ1n) is 9.52. The molecule has 0 N–H and O–H groups in total. The number of isothiocyanates is 1. The summed E-state index contributed by atoms with van der Waals surface area (Å²) >= 11 is 4.49. The van der Waals surface area contributed by atoms with Crippen LogP contribution in [0.3, 0.4) is 0 Å². The fourth-order valence-electron chi connectivity index (χ4n) is 4.26. The second kappa shape index (κ2) is 8.17. The Morgan fingerprint density at radius 2 is 1.23 bits per heavy atom. The topological polar surface area (TPSA) is 12.4 Å². The molecule has 3 aromatic rings. The minimum absolute atomic E-state index is 0.223. The number of alkyl halides is 3. The Balaban J connectivity index is 2.20. The first kappa shape index (κ1) is 21.9. The highest BCUT2D eigenvalue weighted by atomic mass is 32.1. The predicted molar refractivity (Wildman–Crippen MR) is 121 cm³/mol. The van der Waals surface area contributed by atoms with Gasteiger partial charge in [0.25, 0.3) is 0 Å². The summed E-state index contributed by atoms with van der Waals surface area (Å²) < 4.78 is 40.7. The van der Waals surface area contributed by atoms with Crippen LogP contribution in [0.5, 0.6) is 0 Å². The largest absolute Gasteiger partial charge is 0.418 e. The molecule has 0 atom stereocenters. The summed E-state index contributed by atoms with van der Waals surface area (Å²) in [7, 11) is 0. The molecule has 0 saturated carbocycles. The third-order valence-corrected chi connectivity index (χ3v) is 5.35. The van der Waals surface area contributed by atoms with Crippen LogP contribution in [0.25, 0.3) is 22.3 Å². The molecule has 3 rings (SSSR count). The monoisotopic (exact) mass is 425 g/mol. The number of aliphatic imine (C=N–C) groups is 1. The van der Waals surface area contributed by atoms with Gasteiger partial charge in [-0.15, -0.1) is 0 Å². The molecule has 0 spiro atoms. The fourth-order valence-corrected chi connectivity index (χ4v) is 4.36. The van der Waals surface area contributed by atoms with E-state index in [4.69, 9.17) is 0 Å². The number of hydrogen-bond donors (Lipinski definition) is 0. The molecule has 0 radical (unpaired) electrons. The van der Waals surface area contributed by atoms with Crippen LogP contribution in [-0.4, -0.2) is 5.16 Å². The molecule has 0 fully saturated rings. The highest BCUT2D eigenvalue weighted by Gasteiger charge is 2.34. The smallest absolute Gasteiger partial charge is 0.194 e. The molecule has 0 aliphatic heterocycles. The Labute approximate surface area is 180 Å². The number of hydrogen-bond acceptors (Lipinski definition) is 2. The zero-order valence-electron chi connectivity index (χ0n) is 17.5. The first-order valence-corrected chi connectivity index (χ1v) is 9.92. The van der Waals surface area contributed by atoms with Crippen LogP contribution in [0.2, 0.25) is 0 Å². The average molecular weight is 426 g/mol. The van der Waals surface area contributed by atoms with Crippen LogP contribution in [-0.2, 0) is 6.18 Å². The van der Waals surface area contributed by atoms with Gasteiger partial charge in [0.15, 0.2) is 0 Å². The lowest BCUT2D eigenvalue weighted by Gasteiger charge is -2.18. The molecule has 3 aromatic carbocycles. The Morgan fingerprint density at radius 3 is 1.73 bits per heavy atom. The van der Waals surface area contributed by atoms with Crippen molar-refractivity contribution >= 4 is 23.1 Å². The number of nitrogens with zero attached hydrogens (tertiary/aromatic N) is 1. The van der Waals surface area contributed by atoms with Crippen molar-refractivity contribution in [3.63, 3.8) is 0 Å². The van der Waals surface area contributed by atoms with Gasteiger partial charge in [-0.1, -0.05) is 35.9 Å². The summed E-state index contributed by atoms with van der Waals surface area (Å²) in [5.74, 6) is 0. The van der Waals surface area contributed by atoms with Gasteiger partial charge in [0.1, 0.15) is 0 Å². The van der Waals surface area contributed by atoms with Crippen molar-refractivity contribution in [2.45, 2.75) is 40.8 Å². The van der Waals surface area contributed by atoms with Crippen LogP contribution >= 0.6 is 12.2 Å². The van der Waals surface area contributed by atoms with Crippen molar-refractivity contribution < 1.29 is 13.2 Å². The molecule has 0 heterocycles. The maximum absolute atomic E-state index is 13.6. The molecule has 154 valence electrons. The van der Waals surface area contributed by atoms with E-state index in [1.54, 1.807) is 6.07 Å². The van der Waals surface area contributed by atoms with Crippen molar-refractivity contribution in [3.05, 3.63) is 75.8 Å². The maximum atomic E-state index is 13.6. The number of halogens is 3. The lowest BCUT2D eigenvalue weighted by Crippen LogP contribution is -2.06. The van der Waals surface area contributed by atoms with Gasteiger partial charge in [-0.25, -0.2) is 0 Å². The van der Waals surface area contributed by atoms with Gasteiger partial charge < -0.3 is 0 Å². The molecule has 0 aliphatic carbocycles. The van der Waals surface area contributed by atoms with Gasteiger partial charge in [-0.2, -0.15) is 18.2 Å². The summed E-state index contributed by atoms with van der Waals surface area (Å²) in [5.41, 5.74) is 7.91. The lowest BCUT2D eigenvalue weighted by atomic mass is 9.87. The number of rotatable bonds is 3. The van der Waals surface area contributed by atoms with E-state index >= 15 is 0 Å². The normalized spacial score (nSPS) is 11.3. The molecular weight excluding hydrogens is 403 g/mol. The minimum Gasteiger partial charge on any atom is -0.194 e. The number of aryl methyl sites for hydroxylation is 5. The summed E-state index contributed by atoms with van der Waals surface area (Å²) in [6, 6.07) is 12.5. The molecule has 0 amide bonds. The molecule has 0 bridgehead atoms. The van der Waals surface area contributed by atoms with Crippen LogP contribution in [0.4, 0.5) is 18.9 Å². The van der Waals surface area contributed by atoms with E-state index in [1.165, 1.54) is 28.3 Å². The number of thiocarbonyl (C=S) groups is 1. The maximum Gasteiger partial charge on any atom is 0.418 e. The van der Waals surface area contributed by atoms with Crippen molar-refractivity contribution in [2.75, 3.05) is 0 Å². The summed E-state index contributed by atoms with van der Waals surface area (Å²) in [5, 5.41) is 2.03. The standard InChI is InChI=1S/C25H22F3NS/c1-14-8-15(2)24(16(3)9-14)20-10-17(4)23(18(5)11-20)19-6-7-22(29-13-30)21(12-19)25(26,27)28/h6-12H,1-5H3. The van der Waals surface area contributed by atoms with Crippen LogP contribution in [0, 0.1) is 34.6 Å². The van der Waals surface area contributed by atoms with Gasteiger partial charge in [0, 0.05) is 0 Å². The molecule has 0 unspecified atom stereocenters. The van der Waals surface area contributed by atoms with E-state index in [9.17, 15) is 13.2 Å². The highest BCUT2D eigenvalue weighted by molar-refractivity contribution is 7.78. The van der Waals surface area contributed by atoms with E-state index in [2.05, 4.69) is 50.1 Å². The third kappa shape index (κ3) is 4.23.